The molecular formula is C17H19BF2O2. The third kappa shape index (κ3) is 2.53. The quantitative estimate of drug-likeness (QED) is 0.778. The minimum Gasteiger partial charge on any atom is -0.399 e. The van der Waals surface area contributed by atoms with Gasteiger partial charge in [-0.1, -0.05) is 30.3 Å². The molecule has 1 saturated heterocycles. The third-order valence-corrected chi connectivity index (χ3v) is 4.67. The summed E-state index contributed by atoms with van der Waals surface area (Å²) in [5, 5.41) is 1.69. The van der Waals surface area contributed by atoms with Gasteiger partial charge in [-0.25, -0.2) is 8.78 Å². The van der Waals surface area contributed by atoms with E-state index in [-0.39, 0.29) is 5.56 Å². The Morgan fingerprint density at radius 2 is 1.41 bits per heavy atom. The Hall–Kier alpha value is -1.46. The minimum absolute atomic E-state index is 0.0379. The van der Waals surface area contributed by atoms with E-state index in [4.69, 9.17) is 9.31 Å². The molecule has 0 radical (unpaired) electrons. The number of benzene rings is 2. The van der Waals surface area contributed by atoms with Gasteiger partial charge in [0.2, 0.25) is 0 Å². The molecule has 0 spiro atoms. The van der Waals surface area contributed by atoms with Crippen LogP contribution in [0.15, 0.2) is 36.4 Å². The lowest BCUT2D eigenvalue weighted by atomic mass is 9.78. The lowest BCUT2D eigenvalue weighted by Gasteiger charge is -2.32. The molecule has 0 amide bonds. The van der Waals surface area contributed by atoms with Crippen molar-refractivity contribution in [3.63, 3.8) is 0 Å². The van der Waals surface area contributed by atoms with Crippen LogP contribution in [0.5, 0.6) is 0 Å². The summed E-state index contributed by atoms with van der Waals surface area (Å²) in [5.41, 5.74) is 0.144. The van der Waals surface area contributed by atoms with Crippen molar-refractivity contribution < 1.29 is 18.1 Å². The molecule has 116 valence electrons. The molecule has 22 heavy (non-hydrogen) atoms. The number of halogens is 2. The maximum atomic E-state index is 12.8. The van der Waals surface area contributed by atoms with Crippen molar-refractivity contribution in [2.45, 2.75) is 45.3 Å². The Labute approximate surface area is 129 Å². The van der Waals surface area contributed by atoms with Gasteiger partial charge in [0.15, 0.2) is 0 Å². The molecule has 1 fully saturated rings. The average Bonchev–Trinajstić information content (AvgIpc) is 2.66. The lowest BCUT2D eigenvalue weighted by molar-refractivity contribution is 0.00578. The van der Waals surface area contributed by atoms with Crippen molar-refractivity contribution >= 4 is 23.4 Å². The fourth-order valence-electron chi connectivity index (χ4n) is 2.54. The van der Waals surface area contributed by atoms with E-state index < -0.39 is 24.7 Å². The largest absolute Gasteiger partial charge is 0.494 e. The summed E-state index contributed by atoms with van der Waals surface area (Å²) in [6, 6.07) is 10.3. The van der Waals surface area contributed by atoms with Gasteiger partial charge >= 0.3 is 7.12 Å². The SMILES string of the molecule is CC1(C)OB(c2ccc3cc(C(F)F)ccc3c2)OC1(C)C. The van der Waals surface area contributed by atoms with E-state index in [2.05, 4.69) is 0 Å². The van der Waals surface area contributed by atoms with E-state index in [1.165, 1.54) is 12.1 Å². The van der Waals surface area contributed by atoms with Crippen LogP contribution in [0.4, 0.5) is 8.78 Å². The normalized spacial score (nSPS) is 20.0. The van der Waals surface area contributed by atoms with Crippen LogP contribution in [-0.4, -0.2) is 18.3 Å². The molecule has 2 aromatic carbocycles. The van der Waals surface area contributed by atoms with Crippen LogP contribution in [0, 0.1) is 0 Å². The van der Waals surface area contributed by atoms with Crippen molar-refractivity contribution in [1.29, 1.82) is 0 Å². The summed E-state index contributed by atoms with van der Waals surface area (Å²) in [4.78, 5) is 0. The highest BCUT2D eigenvalue weighted by molar-refractivity contribution is 6.62. The molecule has 0 unspecified atom stereocenters. The summed E-state index contributed by atoms with van der Waals surface area (Å²) in [5.74, 6) is 0. The van der Waals surface area contributed by atoms with Gasteiger partial charge in [-0.15, -0.1) is 0 Å². The molecule has 0 atom stereocenters. The Balaban J connectivity index is 1.95. The van der Waals surface area contributed by atoms with E-state index in [9.17, 15) is 8.78 Å². The van der Waals surface area contributed by atoms with Crippen molar-refractivity contribution in [3.05, 3.63) is 42.0 Å². The number of fused-ring (bicyclic) bond motifs is 1. The van der Waals surface area contributed by atoms with E-state index in [0.29, 0.717) is 0 Å². The first-order chi connectivity index (χ1) is 10.2. The van der Waals surface area contributed by atoms with Crippen LogP contribution in [0.3, 0.4) is 0 Å². The van der Waals surface area contributed by atoms with Gasteiger partial charge in [0.05, 0.1) is 11.2 Å². The summed E-state index contributed by atoms with van der Waals surface area (Å²) < 4.78 is 37.5. The fourth-order valence-corrected chi connectivity index (χ4v) is 2.54. The minimum atomic E-state index is -2.45. The molecule has 1 aliphatic heterocycles. The zero-order valence-corrected chi connectivity index (χ0v) is 13.2. The van der Waals surface area contributed by atoms with Gasteiger partial charge in [-0.3, -0.25) is 0 Å². The molecular weight excluding hydrogens is 285 g/mol. The molecule has 0 aliphatic carbocycles. The first-order valence-corrected chi connectivity index (χ1v) is 7.37. The first-order valence-electron chi connectivity index (χ1n) is 7.37. The third-order valence-electron chi connectivity index (χ3n) is 4.67. The number of rotatable bonds is 2. The second-order valence-corrected chi connectivity index (χ2v) is 6.75. The first kappa shape index (κ1) is 15.4. The molecule has 1 heterocycles. The van der Waals surface area contributed by atoms with Gasteiger partial charge in [-0.05, 0) is 50.0 Å². The van der Waals surface area contributed by atoms with Crippen molar-refractivity contribution in [3.8, 4) is 0 Å². The number of hydrogen-bond donors (Lipinski definition) is 0. The Morgan fingerprint density at radius 1 is 0.864 bits per heavy atom. The smallest absolute Gasteiger partial charge is 0.399 e. The van der Waals surface area contributed by atoms with E-state index >= 15 is 0 Å². The van der Waals surface area contributed by atoms with E-state index in [0.717, 1.165) is 16.2 Å². The van der Waals surface area contributed by atoms with Crippen molar-refractivity contribution in [2.75, 3.05) is 0 Å². The van der Waals surface area contributed by atoms with Gasteiger partial charge < -0.3 is 9.31 Å². The van der Waals surface area contributed by atoms with Gasteiger partial charge in [0, 0.05) is 5.56 Å². The van der Waals surface area contributed by atoms with Crippen LogP contribution < -0.4 is 5.46 Å². The van der Waals surface area contributed by atoms with Gasteiger partial charge in [-0.2, -0.15) is 0 Å². The molecule has 3 rings (SSSR count). The van der Waals surface area contributed by atoms with Crippen LogP contribution in [0.25, 0.3) is 10.8 Å². The van der Waals surface area contributed by atoms with E-state index in [1.54, 1.807) is 6.07 Å². The molecule has 5 heteroatoms. The summed E-state index contributed by atoms with van der Waals surface area (Å²) >= 11 is 0. The molecule has 0 N–H and O–H groups in total. The lowest BCUT2D eigenvalue weighted by Crippen LogP contribution is -2.41. The maximum Gasteiger partial charge on any atom is 0.494 e. The van der Waals surface area contributed by atoms with Crippen LogP contribution in [0.1, 0.15) is 39.7 Å². The molecule has 0 aromatic heterocycles. The molecule has 0 bridgehead atoms. The standard InChI is InChI=1S/C17H19BF2O2/c1-16(2)17(3,4)22-18(21-16)14-8-7-11-9-13(15(19)20)6-5-12(11)10-14/h5-10,15H,1-4H3. The predicted octanol–water partition coefficient (Wildman–Crippen LogP) is 4.08. The highest BCUT2D eigenvalue weighted by Crippen LogP contribution is 2.36. The maximum absolute atomic E-state index is 12.8. The molecule has 2 nitrogen and oxygen atoms in total. The zero-order valence-electron chi connectivity index (χ0n) is 13.2. The van der Waals surface area contributed by atoms with Crippen molar-refractivity contribution in [2.24, 2.45) is 0 Å². The summed E-state index contributed by atoms with van der Waals surface area (Å²) in [7, 11) is -0.441. The monoisotopic (exact) mass is 304 g/mol. The Morgan fingerprint density at radius 3 is 2.00 bits per heavy atom. The molecule has 0 saturated carbocycles. The van der Waals surface area contributed by atoms with Crippen LogP contribution >= 0.6 is 0 Å². The highest BCUT2D eigenvalue weighted by Gasteiger charge is 2.51. The van der Waals surface area contributed by atoms with Gasteiger partial charge in [0.25, 0.3) is 6.43 Å². The van der Waals surface area contributed by atoms with E-state index in [1.807, 2.05) is 45.9 Å². The summed E-state index contributed by atoms with van der Waals surface area (Å²) in [6.45, 7) is 8.01. The second kappa shape index (κ2) is 5.03. The van der Waals surface area contributed by atoms with Gasteiger partial charge in [0.1, 0.15) is 0 Å². The Bertz CT molecular complexity index is 697. The van der Waals surface area contributed by atoms with Crippen LogP contribution in [0.2, 0.25) is 0 Å². The predicted molar refractivity (Wildman–Crippen MR) is 84.6 cm³/mol. The highest BCUT2D eigenvalue weighted by atomic mass is 19.3. The van der Waals surface area contributed by atoms with Crippen molar-refractivity contribution in [1.82, 2.24) is 0 Å². The fraction of sp³-hybridized carbons (Fsp3) is 0.412. The number of hydrogen-bond acceptors (Lipinski definition) is 2. The summed E-state index contributed by atoms with van der Waals surface area (Å²) in [6.07, 6.45) is -2.45. The zero-order chi connectivity index (χ0) is 16.1. The molecule has 1 aliphatic rings. The van der Waals surface area contributed by atoms with Crippen LogP contribution in [-0.2, 0) is 9.31 Å². The average molecular weight is 304 g/mol. The Kier molecular flexibility index (Phi) is 3.53. The topological polar surface area (TPSA) is 18.5 Å². The number of alkyl halides is 2. The second-order valence-electron chi connectivity index (χ2n) is 6.75. The molecule has 2 aromatic rings.